The molecule has 0 saturated heterocycles. The molecule has 0 atom stereocenters. The van der Waals surface area contributed by atoms with E-state index in [1.165, 1.54) is 17.7 Å². The minimum absolute atomic E-state index is 0.239. The number of halogens is 2. The van der Waals surface area contributed by atoms with Crippen LogP contribution in [0, 0.1) is 5.82 Å². The second-order valence-corrected chi connectivity index (χ2v) is 6.39. The molecule has 0 spiro atoms. The Morgan fingerprint density at radius 1 is 1.08 bits per heavy atom. The van der Waals surface area contributed by atoms with Crippen molar-refractivity contribution in [3.05, 3.63) is 64.9 Å². The van der Waals surface area contributed by atoms with Crippen LogP contribution in [0.15, 0.2) is 48.5 Å². The number of hydrogen-bond acceptors (Lipinski definition) is 2. The zero-order valence-electron chi connectivity index (χ0n) is 13.1. The predicted octanol–water partition coefficient (Wildman–Crippen LogP) is 5.08. The van der Waals surface area contributed by atoms with Crippen molar-refractivity contribution in [3.63, 3.8) is 0 Å². The lowest BCUT2D eigenvalue weighted by Crippen LogP contribution is -2.07. The summed E-state index contributed by atoms with van der Waals surface area (Å²) in [6, 6.07) is 14.2. The topological polar surface area (TPSA) is 29.9 Å². The van der Waals surface area contributed by atoms with Crippen LogP contribution in [0.1, 0.15) is 18.4 Å². The number of anilines is 1. The maximum absolute atomic E-state index is 13.3. The van der Waals surface area contributed by atoms with E-state index in [4.69, 9.17) is 16.7 Å². The third-order valence-electron chi connectivity index (χ3n) is 4.30. The van der Waals surface area contributed by atoms with E-state index in [2.05, 4.69) is 5.32 Å². The van der Waals surface area contributed by atoms with Crippen molar-refractivity contribution < 1.29 is 4.39 Å². The summed E-state index contributed by atoms with van der Waals surface area (Å²) in [7, 11) is 0. The lowest BCUT2D eigenvalue weighted by Gasteiger charge is -2.09. The molecule has 0 radical (unpaired) electrons. The van der Waals surface area contributed by atoms with Gasteiger partial charge in [0.1, 0.15) is 11.6 Å². The molecule has 1 N–H and O–H groups in total. The molecule has 3 aromatic rings. The Kier molecular flexibility index (Phi) is 3.98. The van der Waals surface area contributed by atoms with E-state index in [9.17, 15) is 4.39 Å². The zero-order valence-corrected chi connectivity index (χ0v) is 13.9. The van der Waals surface area contributed by atoms with E-state index in [0.717, 1.165) is 48.6 Å². The fraction of sp³-hybridized carbons (Fsp3) is 0.211. The van der Waals surface area contributed by atoms with Gasteiger partial charge in [0.2, 0.25) is 0 Å². The van der Waals surface area contributed by atoms with Crippen LogP contribution < -0.4 is 5.32 Å². The minimum Gasteiger partial charge on any atom is -0.370 e. The third kappa shape index (κ3) is 2.78. The Bertz CT molecular complexity index is 871. The van der Waals surface area contributed by atoms with Gasteiger partial charge in [0.15, 0.2) is 0 Å². The molecule has 4 rings (SSSR count). The van der Waals surface area contributed by atoms with Crippen molar-refractivity contribution in [1.82, 2.24) is 9.78 Å². The molecule has 24 heavy (non-hydrogen) atoms. The van der Waals surface area contributed by atoms with Gasteiger partial charge in [0.05, 0.1) is 11.4 Å². The standard InChI is InChI=1S/C19H17ClFN3/c20-14-4-3-5-16(12-14)24-19-17(6-1-2-11-22-19)18(23-24)13-7-9-15(21)10-8-13/h3-5,7-10,12,22H,1-2,6,11H2. The monoisotopic (exact) mass is 341 g/mol. The second-order valence-electron chi connectivity index (χ2n) is 5.96. The van der Waals surface area contributed by atoms with E-state index < -0.39 is 0 Å². The molecule has 5 heteroatoms. The van der Waals surface area contributed by atoms with Gasteiger partial charge in [-0.25, -0.2) is 9.07 Å². The average Bonchev–Trinajstić information content (AvgIpc) is 2.77. The summed E-state index contributed by atoms with van der Waals surface area (Å²) in [6.45, 7) is 0.919. The number of benzene rings is 2. The first-order chi connectivity index (χ1) is 11.7. The molecule has 2 aromatic carbocycles. The number of nitrogens with zero attached hydrogens (tertiary/aromatic N) is 2. The molecule has 1 aromatic heterocycles. The number of fused-ring (bicyclic) bond motifs is 1. The maximum atomic E-state index is 13.3. The van der Waals surface area contributed by atoms with Crippen LogP contribution in [0.3, 0.4) is 0 Å². The SMILES string of the molecule is Fc1ccc(-c2nn(-c3cccc(Cl)c3)c3c2CCCCN3)cc1. The molecule has 0 bridgehead atoms. The Morgan fingerprint density at radius 3 is 2.71 bits per heavy atom. The van der Waals surface area contributed by atoms with Crippen LogP contribution in [0.2, 0.25) is 5.02 Å². The normalized spacial score (nSPS) is 13.9. The molecule has 0 unspecified atom stereocenters. The van der Waals surface area contributed by atoms with E-state index in [1.54, 1.807) is 12.1 Å². The highest BCUT2D eigenvalue weighted by molar-refractivity contribution is 6.30. The summed E-state index contributed by atoms with van der Waals surface area (Å²) in [5, 5.41) is 8.99. The molecule has 0 saturated carbocycles. The first-order valence-electron chi connectivity index (χ1n) is 8.10. The highest BCUT2D eigenvalue weighted by Crippen LogP contribution is 2.34. The molecule has 0 amide bonds. The quantitative estimate of drug-likeness (QED) is 0.704. The van der Waals surface area contributed by atoms with Gasteiger partial charge in [-0.1, -0.05) is 17.7 Å². The van der Waals surface area contributed by atoms with Gasteiger partial charge in [0.25, 0.3) is 0 Å². The van der Waals surface area contributed by atoms with Gasteiger partial charge in [-0.2, -0.15) is 5.10 Å². The van der Waals surface area contributed by atoms with E-state index >= 15 is 0 Å². The zero-order chi connectivity index (χ0) is 16.5. The highest BCUT2D eigenvalue weighted by Gasteiger charge is 2.21. The second kappa shape index (κ2) is 6.29. The minimum atomic E-state index is -0.239. The highest BCUT2D eigenvalue weighted by atomic mass is 35.5. The summed E-state index contributed by atoms with van der Waals surface area (Å²) in [6.07, 6.45) is 3.18. The smallest absolute Gasteiger partial charge is 0.133 e. The van der Waals surface area contributed by atoms with Gasteiger partial charge in [0, 0.05) is 22.7 Å². The summed E-state index contributed by atoms with van der Waals surface area (Å²) < 4.78 is 15.2. The lowest BCUT2D eigenvalue weighted by molar-refractivity contribution is 0.628. The van der Waals surface area contributed by atoms with Gasteiger partial charge in [-0.05, 0) is 61.7 Å². The molecule has 0 aliphatic carbocycles. The largest absolute Gasteiger partial charge is 0.370 e. The van der Waals surface area contributed by atoms with Crippen molar-refractivity contribution in [1.29, 1.82) is 0 Å². The molecule has 122 valence electrons. The summed E-state index contributed by atoms with van der Waals surface area (Å²) in [5.41, 5.74) is 3.93. The van der Waals surface area contributed by atoms with Crippen LogP contribution in [0.5, 0.6) is 0 Å². The summed E-state index contributed by atoms with van der Waals surface area (Å²) in [5.74, 6) is 0.770. The number of rotatable bonds is 2. The summed E-state index contributed by atoms with van der Waals surface area (Å²) >= 11 is 6.15. The summed E-state index contributed by atoms with van der Waals surface area (Å²) in [4.78, 5) is 0. The predicted molar refractivity (Wildman–Crippen MR) is 95.4 cm³/mol. The number of hydrogen-bond donors (Lipinski definition) is 1. The molecule has 0 fully saturated rings. The van der Waals surface area contributed by atoms with Gasteiger partial charge in [-0.15, -0.1) is 0 Å². The van der Waals surface area contributed by atoms with Gasteiger partial charge < -0.3 is 5.32 Å². The van der Waals surface area contributed by atoms with Gasteiger partial charge in [-0.3, -0.25) is 0 Å². The molecule has 3 nitrogen and oxygen atoms in total. The molecule has 2 heterocycles. The van der Waals surface area contributed by atoms with Crippen molar-refractivity contribution in [2.24, 2.45) is 0 Å². The Morgan fingerprint density at radius 2 is 1.92 bits per heavy atom. The van der Waals surface area contributed by atoms with Crippen molar-refractivity contribution in [2.45, 2.75) is 19.3 Å². The van der Waals surface area contributed by atoms with Crippen molar-refractivity contribution in [3.8, 4) is 16.9 Å². The van der Waals surface area contributed by atoms with Crippen LogP contribution in [-0.4, -0.2) is 16.3 Å². The van der Waals surface area contributed by atoms with E-state index in [-0.39, 0.29) is 5.82 Å². The average molecular weight is 342 g/mol. The van der Waals surface area contributed by atoms with Crippen LogP contribution >= 0.6 is 11.6 Å². The molecular weight excluding hydrogens is 325 g/mol. The van der Waals surface area contributed by atoms with Crippen LogP contribution in [-0.2, 0) is 6.42 Å². The van der Waals surface area contributed by atoms with E-state index in [0.29, 0.717) is 5.02 Å². The number of nitrogens with one attached hydrogen (secondary N) is 1. The van der Waals surface area contributed by atoms with Crippen LogP contribution in [0.25, 0.3) is 16.9 Å². The van der Waals surface area contributed by atoms with Crippen molar-refractivity contribution >= 4 is 17.4 Å². The fourth-order valence-electron chi connectivity index (χ4n) is 3.14. The van der Waals surface area contributed by atoms with E-state index in [1.807, 2.05) is 28.9 Å². The lowest BCUT2D eigenvalue weighted by atomic mass is 10.0. The van der Waals surface area contributed by atoms with Crippen LogP contribution in [0.4, 0.5) is 10.2 Å². The number of aromatic nitrogens is 2. The molecular formula is C19H17ClFN3. The first-order valence-corrected chi connectivity index (χ1v) is 8.48. The molecule has 1 aliphatic rings. The maximum Gasteiger partial charge on any atom is 0.133 e. The fourth-order valence-corrected chi connectivity index (χ4v) is 3.32. The van der Waals surface area contributed by atoms with Gasteiger partial charge >= 0.3 is 0 Å². The Hall–Kier alpha value is -2.33. The Labute approximate surface area is 145 Å². The molecule has 1 aliphatic heterocycles. The Balaban J connectivity index is 1.90. The third-order valence-corrected chi connectivity index (χ3v) is 4.54. The first kappa shape index (κ1) is 15.2. The van der Waals surface area contributed by atoms with Crippen molar-refractivity contribution in [2.75, 3.05) is 11.9 Å².